The number of carboxylic acids is 1. The molecule has 6 N–H and O–H groups in total. The highest BCUT2D eigenvalue weighted by Gasteiger charge is 2.41. The minimum Gasteiger partial charge on any atom is -0.480 e. The maximum absolute atomic E-state index is 12.5. The van der Waals surface area contributed by atoms with E-state index in [4.69, 9.17) is 11.5 Å². The van der Waals surface area contributed by atoms with E-state index in [1.807, 2.05) is 30.3 Å². The predicted molar refractivity (Wildman–Crippen MR) is 105 cm³/mol. The van der Waals surface area contributed by atoms with Gasteiger partial charge in [-0.25, -0.2) is 4.79 Å². The van der Waals surface area contributed by atoms with Crippen molar-refractivity contribution in [2.24, 2.45) is 11.5 Å². The highest BCUT2D eigenvalue weighted by molar-refractivity contribution is 5.88. The minimum atomic E-state index is -1.08. The van der Waals surface area contributed by atoms with E-state index in [1.54, 1.807) is 0 Å². The van der Waals surface area contributed by atoms with E-state index in [-0.39, 0.29) is 24.9 Å². The molecule has 1 aliphatic rings. The Labute approximate surface area is 165 Å². The van der Waals surface area contributed by atoms with Gasteiger partial charge in [-0.3, -0.25) is 9.59 Å². The number of likely N-dealkylation sites (tertiary alicyclic amines) is 1. The van der Waals surface area contributed by atoms with E-state index >= 15 is 0 Å². The van der Waals surface area contributed by atoms with Gasteiger partial charge >= 0.3 is 5.97 Å². The molecule has 0 saturated carbocycles. The summed E-state index contributed by atoms with van der Waals surface area (Å²) >= 11 is 0. The number of benzene rings is 1. The van der Waals surface area contributed by atoms with Gasteiger partial charge in [0.05, 0.1) is 6.04 Å². The molecule has 0 unspecified atom stereocenters. The van der Waals surface area contributed by atoms with Gasteiger partial charge in [0, 0.05) is 25.4 Å². The lowest BCUT2D eigenvalue weighted by atomic mass is 10.1. The first kappa shape index (κ1) is 21.8. The fraction of sp³-hybridized carbons (Fsp3) is 0.550. The quantitative estimate of drug-likeness (QED) is 0.451. The van der Waals surface area contributed by atoms with Crippen LogP contribution in [0.15, 0.2) is 30.3 Å². The van der Waals surface area contributed by atoms with Crippen LogP contribution in [0.4, 0.5) is 0 Å². The van der Waals surface area contributed by atoms with Crippen LogP contribution < -0.4 is 16.8 Å². The van der Waals surface area contributed by atoms with Gasteiger partial charge < -0.3 is 26.8 Å². The van der Waals surface area contributed by atoms with Crippen LogP contribution in [-0.2, 0) is 20.8 Å². The Balaban J connectivity index is 1.84. The maximum atomic E-state index is 12.5. The Bertz CT molecular complexity index is 667. The maximum Gasteiger partial charge on any atom is 0.326 e. The first-order chi connectivity index (χ1) is 13.4. The fourth-order valence-electron chi connectivity index (χ4n) is 3.49. The molecule has 8 heteroatoms. The van der Waals surface area contributed by atoms with E-state index in [0.29, 0.717) is 32.2 Å². The number of carbonyl (C=O) groups excluding carboxylic acids is 2. The zero-order valence-electron chi connectivity index (χ0n) is 16.0. The predicted octanol–water partition coefficient (Wildman–Crippen LogP) is 0.246. The van der Waals surface area contributed by atoms with Crippen molar-refractivity contribution in [2.75, 3.05) is 13.1 Å². The molecule has 0 aliphatic carbocycles. The van der Waals surface area contributed by atoms with Crippen molar-refractivity contribution >= 4 is 17.8 Å². The molecule has 2 amide bonds. The van der Waals surface area contributed by atoms with E-state index in [0.717, 1.165) is 6.42 Å². The molecule has 8 nitrogen and oxygen atoms in total. The van der Waals surface area contributed by atoms with Crippen molar-refractivity contribution < 1.29 is 19.5 Å². The van der Waals surface area contributed by atoms with Crippen LogP contribution in [0, 0.1) is 0 Å². The summed E-state index contributed by atoms with van der Waals surface area (Å²) in [5, 5.41) is 12.3. The van der Waals surface area contributed by atoms with Crippen LogP contribution in [-0.4, -0.2) is 59.0 Å². The van der Waals surface area contributed by atoms with Crippen molar-refractivity contribution in [3.05, 3.63) is 35.9 Å². The number of aliphatic carboxylic acids is 1. The number of hydrogen-bond acceptors (Lipinski definition) is 5. The molecular formula is C20H30N4O4. The largest absolute Gasteiger partial charge is 0.480 e. The third-order valence-electron chi connectivity index (χ3n) is 4.98. The number of amides is 2. The lowest BCUT2D eigenvalue weighted by Crippen LogP contribution is -2.49. The number of nitrogens with one attached hydrogen (secondary N) is 1. The molecule has 0 aromatic heterocycles. The van der Waals surface area contributed by atoms with Crippen molar-refractivity contribution in [3.63, 3.8) is 0 Å². The fourth-order valence-corrected chi connectivity index (χ4v) is 3.49. The van der Waals surface area contributed by atoms with E-state index in [2.05, 4.69) is 5.32 Å². The summed E-state index contributed by atoms with van der Waals surface area (Å²) in [4.78, 5) is 37.5. The van der Waals surface area contributed by atoms with Gasteiger partial charge in [0.2, 0.25) is 11.8 Å². The molecule has 3 atom stereocenters. The molecule has 1 aromatic rings. The van der Waals surface area contributed by atoms with E-state index < -0.39 is 24.0 Å². The van der Waals surface area contributed by atoms with Crippen molar-refractivity contribution in [3.8, 4) is 0 Å². The molecule has 1 saturated heterocycles. The van der Waals surface area contributed by atoms with E-state index in [1.165, 1.54) is 10.5 Å². The summed E-state index contributed by atoms with van der Waals surface area (Å²) in [6.07, 6.45) is 3.06. The third-order valence-corrected chi connectivity index (χ3v) is 4.98. The topological polar surface area (TPSA) is 139 Å². The van der Waals surface area contributed by atoms with Crippen molar-refractivity contribution in [2.45, 2.75) is 56.7 Å². The molecule has 1 heterocycles. The molecule has 2 rings (SSSR count). The van der Waals surface area contributed by atoms with Gasteiger partial charge in [0.25, 0.3) is 0 Å². The number of nitrogens with two attached hydrogens (primary N) is 2. The summed E-state index contributed by atoms with van der Waals surface area (Å²) in [7, 11) is 0. The first-order valence-corrected chi connectivity index (χ1v) is 9.74. The summed E-state index contributed by atoms with van der Waals surface area (Å²) in [6, 6.07) is 7.79. The van der Waals surface area contributed by atoms with Crippen LogP contribution in [0.1, 0.15) is 37.7 Å². The molecule has 0 bridgehead atoms. The van der Waals surface area contributed by atoms with Gasteiger partial charge in [0.1, 0.15) is 6.04 Å². The lowest BCUT2D eigenvalue weighted by Gasteiger charge is -2.24. The second kappa shape index (κ2) is 10.8. The average molecular weight is 390 g/mol. The smallest absolute Gasteiger partial charge is 0.326 e. The van der Waals surface area contributed by atoms with Gasteiger partial charge in [0.15, 0.2) is 0 Å². The zero-order chi connectivity index (χ0) is 20.5. The van der Waals surface area contributed by atoms with Crippen LogP contribution in [0.5, 0.6) is 0 Å². The third kappa shape index (κ3) is 6.31. The highest BCUT2D eigenvalue weighted by Crippen LogP contribution is 2.20. The number of carboxylic acid groups (broad SMARTS) is 1. The molecule has 0 spiro atoms. The summed E-state index contributed by atoms with van der Waals surface area (Å²) in [5.41, 5.74) is 12.5. The molecule has 1 aliphatic heterocycles. The average Bonchev–Trinajstić information content (AvgIpc) is 3.10. The second-order valence-corrected chi connectivity index (χ2v) is 7.22. The summed E-state index contributed by atoms with van der Waals surface area (Å²) in [6.45, 7) is 0.585. The minimum absolute atomic E-state index is 0.133. The number of nitrogens with zero attached hydrogens (tertiary/aromatic N) is 1. The second-order valence-electron chi connectivity index (χ2n) is 7.22. The summed E-state index contributed by atoms with van der Waals surface area (Å²) in [5.74, 6) is -1.62. The number of aryl methyl sites for hydroxylation is 1. The van der Waals surface area contributed by atoms with Gasteiger partial charge in [-0.05, 0) is 37.8 Å². The van der Waals surface area contributed by atoms with E-state index in [9.17, 15) is 19.5 Å². The SMILES string of the molecule is NCCC[C@@H](N)C(=O)N1C[C@@H](NC(=O)CCCc2ccccc2)C[C@H]1C(=O)O. The first-order valence-electron chi connectivity index (χ1n) is 9.74. The Morgan fingerprint density at radius 2 is 1.93 bits per heavy atom. The Morgan fingerprint density at radius 1 is 1.21 bits per heavy atom. The Kier molecular flexibility index (Phi) is 8.41. The van der Waals surface area contributed by atoms with Gasteiger partial charge in [-0.2, -0.15) is 0 Å². The van der Waals surface area contributed by atoms with Gasteiger partial charge in [-0.1, -0.05) is 30.3 Å². The van der Waals surface area contributed by atoms with Crippen LogP contribution in [0.3, 0.4) is 0 Å². The molecule has 1 fully saturated rings. The highest BCUT2D eigenvalue weighted by atomic mass is 16.4. The van der Waals surface area contributed by atoms with Crippen molar-refractivity contribution in [1.82, 2.24) is 10.2 Å². The van der Waals surface area contributed by atoms with Crippen molar-refractivity contribution in [1.29, 1.82) is 0 Å². The monoisotopic (exact) mass is 390 g/mol. The number of hydrogen-bond donors (Lipinski definition) is 4. The number of carbonyl (C=O) groups is 3. The normalized spacial score (nSPS) is 20.0. The zero-order valence-corrected chi connectivity index (χ0v) is 16.0. The molecule has 0 radical (unpaired) electrons. The standard InChI is InChI=1S/C20H30N4O4/c21-11-5-9-16(22)19(26)24-13-15(12-17(24)20(27)28)23-18(25)10-4-8-14-6-2-1-3-7-14/h1-3,6-7,15-17H,4-5,8-13,21-22H2,(H,23,25)(H,27,28)/t15-,16+,17-/m0/s1. The molecule has 1 aromatic carbocycles. The molecular weight excluding hydrogens is 360 g/mol. The Hall–Kier alpha value is -2.45. The molecule has 28 heavy (non-hydrogen) atoms. The van der Waals surface area contributed by atoms with Crippen LogP contribution in [0.2, 0.25) is 0 Å². The van der Waals surface area contributed by atoms with Crippen LogP contribution in [0.25, 0.3) is 0 Å². The van der Waals surface area contributed by atoms with Crippen LogP contribution >= 0.6 is 0 Å². The van der Waals surface area contributed by atoms with Gasteiger partial charge in [-0.15, -0.1) is 0 Å². The summed E-state index contributed by atoms with van der Waals surface area (Å²) < 4.78 is 0. The Morgan fingerprint density at radius 3 is 2.57 bits per heavy atom. The lowest BCUT2D eigenvalue weighted by molar-refractivity contribution is -0.148. The number of rotatable bonds is 10. The molecule has 154 valence electrons.